The molecule has 2 nitrogen and oxygen atoms in total. The Bertz CT molecular complexity index is 429. The van der Waals surface area contributed by atoms with E-state index in [0.29, 0.717) is 0 Å². The van der Waals surface area contributed by atoms with Crippen LogP contribution in [0.2, 0.25) is 0 Å². The van der Waals surface area contributed by atoms with E-state index in [1.165, 1.54) is 22.3 Å². The quantitative estimate of drug-likeness (QED) is 0.803. The van der Waals surface area contributed by atoms with E-state index >= 15 is 0 Å². The van der Waals surface area contributed by atoms with Gasteiger partial charge < -0.3 is 5.32 Å². The summed E-state index contributed by atoms with van der Waals surface area (Å²) >= 11 is 0. The van der Waals surface area contributed by atoms with E-state index in [1.807, 2.05) is 6.92 Å². The fourth-order valence-corrected chi connectivity index (χ4v) is 2.35. The molecule has 0 aliphatic heterocycles. The Kier molecular flexibility index (Phi) is 6.03. The first-order valence-electron chi connectivity index (χ1n) is 6.51. The Labute approximate surface area is 114 Å². The average molecular weight is 267 g/mol. The molecule has 0 saturated heterocycles. The van der Waals surface area contributed by atoms with Gasteiger partial charge in [0, 0.05) is 28.9 Å². The number of benzene rings is 1. The summed E-state index contributed by atoms with van der Waals surface area (Å²) in [4.78, 5) is 0. The zero-order valence-corrected chi connectivity index (χ0v) is 13.0. The minimum absolute atomic E-state index is 0.276. The molecule has 0 bridgehead atoms. The predicted octanol–water partition coefficient (Wildman–Crippen LogP) is 2.86. The first kappa shape index (κ1) is 15.4. The highest BCUT2D eigenvalue weighted by atomic mass is 32.2. The maximum atomic E-state index is 11.2. The average Bonchev–Trinajstić information content (AvgIpc) is 2.30. The van der Waals surface area contributed by atoms with Crippen LogP contribution in [0, 0.1) is 20.8 Å². The minimum Gasteiger partial charge on any atom is -0.313 e. The zero-order valence-electron chi connectivity index (χ0n) is 12.2. The van der Waals surface area contributed by atoms with Crippen LogP contribution < -0.4 is 5.32 Å². The highest BCUT2D eigenvalue weighted by Crippen LogP contribution is 2.15. The van der Waals surface area contributed by atoms with Crippen LogP contribution in [0.3, 0.4) is 0 Å². The lowest BCUT2D eigenvalue weighted by molar-refractivity contribution is 0.627. The van der Waals surface area contributed by atoms with Gasteiger partial charge in [0.1, 0.15) is 0 Å². The summed E-state index contributed by atoms with van der Waals surface area (Å²) < 4.78 is 11.2. The first-order chi connectivity index (χ1) is 8.41. The van der Waals surface area contributed by atoms with Gasteiger partial charge in [-0.25, -0.2) is 0 Å². The molecule has 2 unspecified atom stereocenters. The lowest BCUT2D eigenvalue weighted by Crippen LogP contribution is -2.21. The maximum Gasteiger partial charge on any atom is 0.0329 e. The molecule has 0 heterocycles. The number of hydrogen-bond acceptors (Lipinski definition) is 2. The summed E-state index contributed by atoms with van der Waals surface area (Å²) in [5.74, 6) is 0. The van der Waals surface area contributed by atoms with Gasteiger partial charge in [-0.2, -0.15) is 0 Å². The van der Waals surface area contributed by atoms with Crippen LogP contribution in [0.5, 0.6) is 0 Å². The molecule has 0 aromatic heterocycles. The Morgan fingerprint density at radius 2 is 1.78 bits per heavy atom. The Morgan fingerprint density at radius 3 is 2.39 bits per heavy atom. The SMILES string of the molecule is Cc1cc(C)c(CNCCC(C)S(C)=O)cc1C. The molecular formula is C15H25NOS. The summed E-state index contributed by atoms with van der Waals surface area (Å²) in [5.41, 5.74) is 5.41. The third-order valence-electron chi connectivity index (χ3n) is 3.56. The van der Waals surface area contributed by atoms with E-state index in [2.05, 4.69) is 38.2 Å². The largest absolute Gasteiger partial charge is 0.313 e. The molecule has 0 spiro atoms. The van der Waals surface area contributed by atoms with Crippen molar-refractivity contribution in [2.24, 2.45) is 0 Å². The summed E-state index contributed by atoms with van der Waals surface area (Å²) in [6.07, 6.45) is 2.74. The zero-order chi connectivity index (χ0) is 13.7. The third kappa shape index (κ3) is 4.54. The topological polar surface area (TPSA) is 29.1 Å². The molecule has 18 heavy (non-hydrogen) atoms. The van der Waals surface area contributed by atoms with Gasteiger partial charge in [0.25, 0.3) is 0 Å². The summed E-state index contributed by atoms with van der Waals surface area (Å²) in [6.45, 7) is 10.3. The molecule has 1 N–H and O–H groups in total. The maximum absolute atomic E-state index is 11.2. The predicted molar refractivity (Wildman–Crippen MR) is 80.5 cm³/mol. The fourth-order valence-electron chi connectivity index (χ4n) is 1.91. The van der Waals surface area contributed by atoms with Gasteiger partial charge in [0.05, 0.1) is 0 Å². The Morgan fingerprint density at radius 1 is 1.17 bits per heavy atom. The number of nitrogens with one attached hydrogen (secondary N) is 1. The van der Waals surface area contributed by atoms with Crippen molar-refractivity contribution in [1.29, 1.82) is 0 Å². The molecule has 1 rings (SSSR count). The molecule has 0 aliphatic carbocycles. The lowest BCUT2D eigenvalue weighted by Gasteiger charge is -2.12. The number of aryl methyl sites for hydroxylation is 3. The van der Waals surface area contributed by atoms with Gasteiger partial charge in [0.15, 0.2) is 0 Å². The Balaban J connectivity index is 2.45. The molecule has 0 radical (unpaired) electrons. The monoisotopic (exact) mass is 267 g/mol. The van der Waals surface area contributed by atoms with E-state index in [-0.39, 0.29) is 5.25 Å². The molecule has 1 aromatic carbocycles. The Hall–Kier alpha value is -0.670. The van der Waals surface area contributed by atoms with Crippen molar-refractivity contribution < 1.29 is 4.21 Å². The number of hydrogen-bond donors (Lipinski definition) is 1. The summed E-state index contributed by atoms with van der Waals surface area (Å²) in [7, 11) is -0.709. The van der Waals surface area contributed by atoms with Gasteiger partial charge in [-0.1, -0.05) is 19.1 Å². The van der Waals surface area contributed by atoms with E-state index in [0.717, 1.165) is 19.5 Å². The van der Waals surface area contributed by atoms with Crippen molar-refractivity contribution >= 4 is 10.8 Å². The van der Waals surface area contributed by atoms with Crippen LogP contribution in [0.1, 0.15) is 35.6 Å². The van der Waals surface area contributed by atoms with Gasteiger partial charge in [-0.3, -0.25) is 4.21 Å². The van der Waals surface area contributed by atoms with Gasteiger partial charge in [-0.05, 0) is 56.0 Å². The molecule has 3 heteroatoms. The molecule has 0 amide bonds. The van der Waals surface area contributed by atoms with Crippen LogP contribution in [-0.2, 0) is 17.3 Å². The molecule has 102 valence electrons. The van der Waals surface area contributed by atoms with E-state index in [4.69, 9.17) is 0 Å². The molecule has 1 aromatic rings. The summed E-state index contributed by atoms with van der Waals surface area (Å²) in [6, 6.07) is 4.51. The van der Waals surface area contributed by atoms with Crippen molar-refractivity contribution in [3.63, 3.8) is 0 Å². The van der Waals surface area contributed by atoms with Crippen molar-refractivity contribution in [3.05, 3.63) is 34.4 Å². The van der Waals surface area contributed by atoms with Gasteiger partial charge in [0.2, 0.25) is 0 Å². The van der Waals surface area contributed by atoms with Crippen LogP contribution in [0.25, 0.3) is 0 Å². The van der Waals surface area contributed by atoms with Gasteiger partial charge >= 0.3 is 0 Å². The summed E-state index contributed by atoms with van der Waals surface area (Å²) in [5, 5.41) is 3.72. The highest BCUT2D eigenvalue weighted by Gasteiger charge is 2.06. The molecule has 2 atom stereocenters. The van der Waals surface area contributed by atoms with Crippen molar-refractivity contribution in [2.75, 3.05) is 12.8 Å². The fraction of sp³-hybridized carbons (Fsp3) is 0.600. The minimum atomic E-state index is -0.709. The van der Waals surface area contributed by atoms with Crippen molar-refractivity contribution in [2.45, 2.75) is 45.9 Å². The molecular weight excluding hydrogens is 242 g/mol. The van der Waals surface area contributed by atoms with E-state index < -0.39 is 10.8 Å². The standard InChI is InChI=1S/C15H25NOS/c1-11-8-13(3)15(9-12(11)2)10-16-7-6-14(4)18(5)17/h8-9,14,16H,6-7,10H2,1-5H3. The van der Waals surface area contributed by atoms with E-state index in [1.54, 1.807) is 6.26 Å². The van der Waals surface area contributed by atoms with Crippen LogP contribution >= 0.6 is 0 Å². The molecule has 0 aliphatic rings. The number of rotatable bonds is 6. The molecule has 0 fully saturated rings. The highest BCUT2D eigenvalue weighted by molar-refractivity contribution is 7.84. The third-order valence-corrected chi connectivity index (χ3v) is 4.93. The van der Waals surface area contributed by atoms with Crippen LogP contribution in [0.4, 0.5) is 0 Å². The second-order valence-electron chi connectivity index (χ2n) is 5.14. The van der Waals surface area contributed by atoms with Crippen LogP contribution in [-0.4, -0.2) is 22.3 Å². The van der Waals surface area contributed by atoms with E-state index in [9.17, 15) is 4.21 Å². The van der Waals surface area contributed by atoms with Crippen molar-refractivity contribution in [1.82, 2.24) is 5.32 Å². The second kappa shape index (κ2) is 7.05. The lowest BCUT2D eigenvalue weighted by atomic mass is 10.0. The molecule has 0 saturated carbocycles. The smallest absolute Gasteiger partial charge is 0.0329 e. The first-order valence-corrected chi connectivity index (χ1v) is 8.13. The normalized spacial score (nSPS) is 14.5. The van der Waals surface area contributed by atoms with Gasteiger partial charge in [-0.15, -0.1) is 0 Å². The van der Waals surface area contributed by atoms with Crippen molar-refractivity contribution in [3.8, 4) is 0 Å². The van der Waals surface area contributed by atoms with Crippen LogP contribution in [0.15, 0.2) is 12.1 Å². The second-order valence-corrected chi connectivity index (χ2v) is 6.94.